The number of ether oxygens (including phenoxy) is 1. The lowest BCUT2D eigenvalue weighted by Gasteiger charge is -2.17. The van der Waals surface area contributed by atoms with E-state index < -0.39 is 5.97 Å². The van der Waals surface area contributed by atoms with Gasteiger partial charge in [-0.1, -0.05) is 13.8 Å². The highest BCUT2D eigenvalue weighted by atomic mass is 16.5. The maximum Gasteiger partial charge on any atom is 0.303 e. The topological polar surface area (TPSA) is 63.6 Å². The Morgan fingerprint density at radius 2 is 1.92 bits per heavy atom. The predicted molar refractivity (Wildman–Crippen MR) is 47.2 cm³/mol. The first kappa shape index (κ1) is 11.9. The molecule has 0 aliphatic heterocycles. The predicted octanol–water partition coefficient (Wildman–Crippen LogP) is 1.30. The van der Waals surface area contributed by atoms with Gasteiger partial charge in [0.2, 0.25) is 0 Å². The van der Waals surface area contributed by atoms with E-state index in [1.54, 1.807) is 0 Å². The number of aliphatic carboxylic acids is 1. The number of carboxylic acid groups (broad SMARTS) is 1. The maximum absolute atomic E-state index is 10.5. The van der Waals surface area contributed by atoms with E-state index in [0.717, 1.165) is 0 Å². The van der Waals surface area contributed by atoms with Gasteiger partial charge >= 0.3 is 11.9 Å². The molecule has 0 heterocycles. The standard InChI is InChI=1S/C9H16O4/c1-6(2)8(4-9(11)12)5-13-7(3)10/h6,8H,4-5H2,1-3H3,(H,11,12). The van der Waals surface area contributed by atoms with Crippen LogP contribution in [0.25, 0.3) is 0 Å². The van der Waals surface area contributed by atoms with Crippen molar-refractivity contribution in [1.82, 2.24) is 0 Å². The minimum absolute atomic E-state index is 0.0466. The smallest absolute Gasteiger partial charge is 0.303 e. The van der Waals surface area contributed by atoms with Gasteiger partial charge in [0.05, 0.1) is 13.0 Å². The highest BCUT2D eigenvalue weighted by molar-refractivity contribution is 5.67. The monoisotopic (exact) mass is 188 g/mol. The summed E-state index contributed by atoms with van der Waals surface area (Å²) >= 11 is 0. The fourth-order valence-electron chi connectivity index (χ4n) is 0.936. The second-order valence-corrected chi connectivity index (χ2v) is 3.40. The van der Waals surface area contributed by atoms with E-state index in [4.69, 9.17) is 9.84 Å². The van der Waals surface area contributed by atoms with E-state index in [-0.39, 0.29) is 30.8 Å². The van der Waals surface area contributed by atoms with E-state index in [1.165, 1.54) is 6.92 Å². The van der Waals surface area contributed by atoms with E-state index in [1.807, 2.05) is 13.8 Å². The van der Waals surface area contributed by atoms with Crippen molar-refractivity contribution in [2.24, 2.45) is 11.8 Å². The van der Waals surface area contributed by atoms with Crippen LogP contribution < -0.4 is 0 Å². The molecule has 0 spiro atoms. The Balaban J connectivity index is 3.95. The lowest BCUT2D eigenvalue weighted by molar-refractivity contribution is -0.146. The lowest BCUT2D eigenvalue weighted by atomic mass is 9.93. The van der Waals surface area contributed by atoms with Crippen LogP contribution in [-0.2, 0) is 14.3 Å². The van der Waals surface area contributed by atoms with Gasteiger partial charge in [-0.15, -0.1) is 0 Å². The number of hydrogen-bond acceptors (Lipinski definition) is 3. The van der Waals surface area contributed by atoms with Gasteiger partial charge in [0, 0.05) is 12.8 Å². The van der Waals surface area contributed by atoms with Gasteiger partial charge in [0.25, 0.3) is 0 Å². The molecule has 1 unspecified atom stereocenters. The molecule has 0 saturated carbocycles. The Morgan fingerprint density at radius 1 is 1.38 bits per heavy atom. The summed E-state index contributed by atoms with van der Waals surface area (Å²) in [6.45, 7) is 5.34. The Bertz CT molecular complexity index is 186. The molecule has 0 saturated heterocycles. The van der Waals surface area contributed by atoms with Crippen LogP contribution in [0, 0.1) is 11.8 Å². The molecule has 0 bridgehead atoms. The SMILES string of the molecule is CC(=O)OCC(CC(=O)O)C(C)C. The largest absolute Gasteiger partial charge is 0.481 e. The van der Waals surface area contributed by atoms with E-state index in [9.17, 15) is 9.59 Å². The van der Waals surface area contributed by atoms with Crippen molar-refractivity contribution in [2.75, 3.05) is 6.61 Å². The molecule has 0 amide bonds. The zero-order valence-corrected chi connectivity index (χ0v) is 8.24. The Hall–Kier alpha value is -1.06. The van der Waals surface area contributed by atoms with Gasteiger partial charge in [-0.3, -0.25) is 9.59 Å². The summed E-state index contributed by atoms with van der Waals surface area (Å²) in [7, 11) is 0. The number of carbonyl (C=O) groups is 2. The second-order valence-electron chi connectivity index (χ2n) is 3.40. The van der Waals surface area contributed by atoms with Gasteiger partial charge < -0.3 is 9.84 Å². The molecule has 0 aliphatic carbocycles. The van der Waals surface area contributed by atoms with Crippen LogP contribution >= 0.6 is 0 Å². The van der Waals surface area contributed by atoms with Crippen molar-refractivity contribution in [2.45, 2.75) is 27.2 Å². The first-order valence-corrected chi connectivity index (χ1v) is 4.28. The second kappa shape index (κ2) is 5.56. The molecule has 0 rings (SSSR count). The molecular weight excluding hydrogens is 172 g/mol. The summed E-state index contributed by atoms with van der Waals surface area (Å²) in [5.41, 5.74) is 0. The minimum atomic E-state index is -0.856. The van der Waals surface area contributed by atoms with Gasteiger partial charge in [-0.25, -0.2) is 0 Å². The summed E-state index contributed by atoms with van der Waals surface area (Å²) in [6, 6.07) is 0. The molecule has 0 radical (unpaired) electrons. The summed E-state index contributed by atoms with van der Waals surface area (Å²) in [4.78, 5) is 20.9. The minimum Gasteiger partial charge on any atom is -0.481 e. The van der Waals surface area contributed by atoms with Gasteiger partial charge in [0.1, 0.15) is 0 Å². The normalized spacial score (nSPS) is 12.6. The molecule has 0 fully saturated rings. The molecule has 0 aromatic carbocycles. The third-order valence-corrected chi connectivity index (χ3v) is 1.88. The Labute approximate surface area is 77.9 Å². The molecule has 1 atom stereocenters. The summed E-state index contributed by atoms with van der Waals surface area (Å²) < 4.78 is 4.76. The maximum atomic E-state index is 10.5. The molecule has 4 nitrogen and oxygen atoms in total. The summed E-state index contributed by atoms with van der Waals surface area (Å²) in [5, 5.41) is 8.56. The summed E-state index contributed by atoms with van der Waals surface area (Å²) in [6.07, 6.45) is 0.0466. The molecule has 1 N–H and O–H groups in total. The molecule has 0 aromatic heterocycles. The molecular formula is C9H16O4. The number of hydrogen-bond donors (Lipinski definition) is 1. The molecule has 76 valence electrons. The van der Waals surface area contributed by atoms with Crippen molar-refractivity contribution in [1.29, 1.82) is 0 Å². The summed E-state index contributed by atoms with van der Waals surface area (Å²) in [5.74, 6) is -1.11. The van der Waals surface area contributed by atoms with E-state index in [0.29, 0.717) is 0 Å². The highest BCUT2D eigenvalue weighted by Crippen LogP contribution is 2.15. The number of carboxylic acids is 1. The average Bonchev–Trinajstić information content (AvgIpc) is 1.96. The Morgan fingerprint density at radius 3 is 2.23 bits per heavy atom. The quantitative estimate of drug-likeness (QED) is 0.660. The van der Waals surface area contributed by atoms with Crippen LogP contribution in [0.1, 0.15) is 27.2 Å². The van der Waals surface area contributed by atoms with Crippen molar-refractivity contribution < 1.29 is 19.4 Å². The first-order chi connectivity index (χ1) is 5.93. The van der Waals surface area contributed by atoms with Crippen LogP contribution in [0.4, 0.5) is 0 Å². The van der Waals surface area contributed by atoms with Crippen molar-refractivity contribution in [3.8, 4) is 0 Å². The van der Waals surface area contributed by atoms with E-state index >= 15 is 0 Å². The van der Waals surface area contributed by atoms with Crippen LogP contribution in [0.2, 0.25) is 0 Å². The molecule has 4 heteroatoms. The fraction of sp³-hybridized carbons (Fsp3) is 0.778. The first-order valence-electron chi connectivity index (χ1n) is 4.28. The van der Waals surface area contributed by atoms with Crippen molar-refractivity contribution >= 4 is 11.9 Å². The van der Waals surface area contributed by atoms with Crippen LogP contribution in [0.3, 0.4) is 0 Å². The highest BCUT2D eigenvalue weighted by Gasteiger charge is 2.18. The van der Waals surface area contributed by atoms with Gasteiger partial charge in [-0.2, -0.15) is 0 Å². The average molecular weight is 188 g/mol. The zero-order chi connectivity index (χ0) is 10.4. The number of carbonyl (C=O) groups excluding carboxylic acids is 1. The third kappa shape index (κ3) is 6.13. The van der Waals surface area contributed by atoms with Gasteiger partial charge in [-0.05, 0) is 5.92 Å². The molecule has 0 aliphatic rings. The molecule has 13 heavy (non-hydrogen) atoms. The van der Waals surface area contributed by atoms with E-state index in [2.05, 4.69) is 0 Å². The van der Waals surface area contributed by atoms with Crippen LogP contribution in [0.15, 0.2) is 0 Å². The number of esters is 1. The van der Waals surface area contributed by atoms with Crippen molar-refractivity contribution in [3.05, 3.63) is 0 Å². The van der Waals surface area contributed by atoms with Crippen molar-refractivity contribution in [3.63, 3.8) is 0 Å². The fourth-order valence-corrected chi connectivity index (χ4v) is 0.936. The number of rotatable bonds is 5. The zero-order valence-electron chi connectivity index (χ0n) is 8.24. The Kier molecular flexibility index (Phi) is 5.11. The molecule has 0 aromatic rings. The third-order valence-electron chi connectivity index (χ3n) is 1.88. The lowest BCUT2D eigenvalue weighted by Crippen LogP contribution is -2.20. The van der Waals surface area contributed by atoms with Crippen LogP contribution in [-0.4, -0.2) is 23.7 Å². The van der Waals surface area contributed by atoms with Gasteiger partial charge in [0.15, 0.2) is 0 Å². The van der Waals surface area contributed by atoms with Crippen LogP contribution in [0.5, 0.6) is 0 Å².